The highest BCUT2D eigenvalue weighted by atomic mass is 35.5. The average molecular weight is 366 g/mol. The summed E-state index contributed by atoms with van der Waals surface area (Å²) in [6.45, 7) is 3.08. The summed E-state index contributed by atoms with van der Waals surface area (Å²) in [5.74, 6) is 0.689. The number of likely N-dealkylation sites (tertiary alicyclic amines) is 1. The van der Waals surface area contributed by atoms with E-state index >= 15 is 0 Å². The standard InChI is InChI=1S/C17H23N5O2.ClH/c1-12-16(17(23)21-10-4-3-5-14(21)11-18)19-20-22(12)13-6-8-15(24-2)9-7-13;/h6-9,14H,3-5,10-11,18H2,1-2H3;1H. The van der Waals surface area contributed by atoms with Crippen molar-refractivity contribution in [3.8, 4) is 11.4 Å². The fourth-order valence-corrected chi connectivity index (χ4v) is 3.14. The Morgan fingerprint density at radius 1 is 1.32 bits per heavy atom. The van der Waals surface area contributed by atoms with Crippen molar-refractivity contribution in [1.82, 2.24) is 19.9 Å². The number of hydrogen-bond acceptors (Lipinski definition) is 5. The largest absolute Gasteiger partial charge is 0.497 e. The van der Waals surface area contributed by atoms with Crippen molar-refractivity contribution in [3.63, 3.8) is 0 Å². The molecule has 7 nitrogen and oxygen atoms in total. The van der Waals surface area contributed by atoms with E-state index in [1.807, 2.05) is 36.1 Å². The van der Waals surface area contributed by atoms with Gasteiger partial charge in [0.25, 0.3) is 5.91 Å². The predicted octanol–water partition coefficient (Wildman–Crippen LogP) is 1.96. The normalized spacial score (nSPS) is 17.1. The molecule has 1 fully saturated rings. The highest BCUT2D eigenvalue weighted by Crippen LogP contribution is 2.21. The van der Waals surface area contributed by atoms with Gasteiger partial charge < -0.3 is 15.4 Å². The number of carbonyl (C=O) groups is 1. The van der Waals surface area contributed by atoms with E-state index in [0.29, 0.717) is 12.2 Å². The lowest BCUT2D eigenvalue weighted by Gasteiger charge is -2.34. The van der Waals surface area contributed by atoms with Gasteiger partial charge in [0.1, 0.15) is 5.75 Å². The molecule has 2 aromatic rings. The van der Waals surface area contributed by atoms with Crippen LogP contribution in [0.4, 0.5) is 0 Å². The summed E-state index contributed by atoms with van der Waals surface area (Å²) in [7, 11) is 1.62. The minimum Gasteiger partial charge on any atom is -0.497 e. The Hall–Kier alpha value is -2.12. The summed E-state index contributed by atoms with van der Waals surface area (Å²) in [5, 5.41) is 8.28. The number of halogens is 1. The maximum atomic E-state index is 12.9. The number of amides is 1. The maximum Gasteiger partial charge on any atom is 0.276 e. The first-order valence-electron chi connectivity index (χ1n) is 8.23. The number of nitrogens with zero attached hydrogens (tertiary/aromatic N) is 4. The quantitative estimate of drug-likeness (QED) is 0.895. The van der Waals surface area contributed by atoms with Gasteiger partial charge in [0.05, 0.1) is 18.5 Å². The van der Waals surface area contributed by atoms with Gasteiger partial charge in [-0.2, -0.15) is 0 Å². The number of piperidine rings is 1. The van der Waals surface area contributed by atoms with Crippen LogP contribution in [0.15, 0.2) is 24.3 Å². The molecule has 1 aromatic carbocycles. The molecule has 0 aliphatic carbocycles. The second kappa shape index (κ2) is 8.31. The fraction of sp³-hybridized carbons (Fsp3) is 0.471. The number of aromatic nitrogens is 3. The van der Waals surface area contributed by atoms with Gasteiger partial charge in [-0.15, -0.1) is 17.5 Å². The number of rotatable bonds is 4. The lowest BCUT2D eigenvalue weighted by Crippen LogP contribution is -2.47. The number of carbonyl (C=O) groups excluding carboxylic acids is 1. The topological polar surface area (TPSA) is 86.3 Å². The van der Waals surface area contributed by atoms with E-state index in [1.54, 1.807) is 11.8 Å². The van der Waals surface area contributed by atoms with Crippen LogP contribution >= 0.6 is 12.4 Å². The molecule has 1 aromatic heterocycles. The molecule has 2 N–H and O–H groups in total. The molecular weight excluding hydrogens is 342 g/mol. The molecule has 1 aliphatic heterocycles. The van der Waals surface area contributed by atoms with Crippen molar-refractivity contribution in [1.29, 1.82) is 0 Å². The zero-order valence-electron chi connectivity index (χ0n) is 14.5. The molecule has 0 saturated carbocycles. The van der Waals surface area contributed by atoms with E-state index in [0.717, 1.165) is 42.9 Å². The van der Waals surface area contributed by atoms with E-state index in [1.165, 1.54) is 0 Å². The molecule has 136 valence electrons. The molecule has 1 atom stereocenters. The molecule has 1 amide bonds. The van der Waals surface area contributed by atoms with Crippen LogP contribution in [-0.2, 0) is 0 Å². The number of nitrogens with two attached hydrogens (primary N) is 1. The van der Waals surface area contributed by atoms with E-state index < -0.39 is 0 Å². The van der Waals surface area contributed by atoms with Crippen molar-refractivity contribution in [2.24, 2.45) is 5.73 Å². The van der Waals surface area contributed by atoms with Crippen LogP contribution in [0.2, 0.25) is 0 Å². The summed E-state index contributed by atoms with van der Waals surface area (Å²) in [6, 6.07) is 7.58. The number of ether oxygens (including phenoxy) is 1. The zero-order valence-corrected chi connectivity index (χ0v) is 15.3. The summed E-state index contributed by atoms with van der Waals surface area (Å²) in [5.41, 5.74) is 7.79. The summed E-state index contributed by atoms with van der Waals surface area (Å²) >= 11 is 0. The van der Waals surface area contributed by atoms with Crippen molar-refractivity contribution in [2.75, 3.05) is 20.2 Å². The van der Waals surface area contributed by atoms with Crippen LogP contribution in [0, 0.1) is 6.92 Å². The van der Waals surface area contributed by atoms with Crippen LogP contribution in [0.3, 0.4) is 0 Å². The zero-order chi connectivity index (χ0) is 17.1. The second-order valence-corrected chi connectivity index (χ2v) is 6.02. The molecule has 25 heavy (non-hydrogen) atoms. The minimum absolute atomic E-state index is 0. The average Bonchev–Trinajstić information content (AvgIpc) is 3.02. The Morgan fingerprint density at radius 2 is 2.04 bits per heavy atom. The lowest BCUT2D eigenvalue weighted by molar-refractivity contribution is 0.0616. The van der Waals surface area contributed by atoms with Crippen LogP contribution in [0.1, 0.15) is 35.4 Å². The van der Waals surface area contributed by atoms with Crippen LogP contribution in [-0.4, -0.2) is 52.0 Å². The smallest absolute Gasteiger partial charge is 0.276 e. The molecule has 3 rings (SSSR count). The molecule has 2 heterocycles. The van der Waals surface area contributed by atoms with Gasteiger partial charge in [0.2, 0.25) is 0 Å². The Balaban J connectivity index is 0.00000225. The fourth-order valence-electron chi connectivity index (χ4n) is 3.14. The second-order valence-electron chi connectivity index (χ2n) is 6.02. The molecule has 1 saturated heterocycles. The van der Waals surface area contributed by atoms with Gasteiger partial charge >= 0.3 is 0 Å². The monoisotopic (exact) mass is 365 g/mol. The highest BCUT2D eigenvalue weighted by molar-refractivity contribution is 5.93. The Kier molecular flexibility index (Phi) is 6.39. The van der Waals surface area contributed by atoms with Crippen molar-refractivity contribution < 1.29 is 9.53 Å². The van der Waals surface area contributed by atoms with Crippen molar-refractivity contribution in [2.45, 2.75) is 32.2 Å². The Bertz CT molecular complexity index is 716. The van der Waals surface area contributed by atoms with E-state index in [2.05, 4.69) is 10.3 Å². The molecule has 0 bridgehead atoms. The maximum absolute atomic E-state index is 12.9. The SMILES string of the molecule is COc1ccc(-n2nnc(C(=O)N3CCCCC3CN)c2C)cc1.Cl. The van der Waals surface area contributed by atoms with Gasteiger partial charge in [-0.3, -0.25) is 4.79 Å². The van der Waals surface area contributed by atoms with Crippen molar-refractivity contribution >= 4 is 18.3 Å². The van der Waals surface area contributed by atoms with Crippen molar-refractivity contribution in [3.05, 3.63) is 35.7 Å². The highest BCUT2D eigenvalue weighted by Gasteiger charge is 2.29. The van der Waals surface area contributed by atoms with Crippen LogP contribution in [0.25, 0.3) is 5.69 Å². The first-order valence-corrected chi connectivity index (χ1v) is 8.23. The molecule has 1 aliphatic rings. The Morgan fingerprint density at radius 3 is 2.68 bits per heavy atom. The molecule has 1 unspecified atom stereocenters. The molecule has 0 radical (unpaired) electrons. The van der Waals surface area contributed by atoms with Gasteiger partial charge in [-0.05, 0) is 50.5 Å². The summed E-state index contributed by atoms with van der Waals surface area (Å²) < 4.78 is 6.84. The predicted molar refractivity (Wildman–Crippen MR) is 97.6 cm³/mol. The molecule has 0 spiro atoms. The van der Waals surface area contributed by atoms with Gasteiger partial charge in [0.15, 0.2) is 5.69 Å². The summed E-state index contributed by atoms with van der Waals surface area (Å²) in [6.07, 6.45) is 3.07. The summed E-state index contributed by atoms with van der Waals surface area (Å²) in [4.78, 5) is 14.7. The van der Waals surface area contributed by atoms with Gasteiger partial charge in [-0.25, -0.2) is 4.68 Å². The van der Waals surface area contributed by atoms with Crippen LogP contribution < -0.4 is 10.5 Å². The number of benzene rings is 1. The lowest BCUT2D eigenvalue weighted by atomic mass is 10.0. The third-order valence-electron chi connectivity index (χ3n) is 4.57. The van der Waals surface area contributed by atoms with E-state index in [9.17, 15) is 4.79 Å². The Labute approximate surface area is 153 Å². The van der Waals surface area contributed by atoms with E-state index in [4.69, 9.17) is 10.5 Å². The number of methoxy groups -OCH3 is 1. The minimum atomic E-state index is -0.0811. The van der Waals surface area contributed by atoms with Gasteiger partial charge in [-0.1, -0.05) is 5.21 Å². The third kappa shape index (κ3) is 3.77. The van der Waals surface area contributed by atoms with Gasteiger partial charge in [0, 0.05) is 19.1 Å². The molecular formula is C17H24ClN5O2. The number of hydrogen-bond donors (Lipinski definition) is 1. The first-order chi connectivity index (χ1) is 11.7. The first kappa shape index (κ1) is 19.2. The third-order valence-corrected chi connectivity index (χ3v) is 4.57. The van der Waals surface area contributed by atoms with E-state index in [-0.39, 0.29) is 24.4 Å². The van der Waals surface area contributed by atoms with Crippen LogP contribution in [0.5, 0.6) is 5.75 Å². The molecule has 8 heteroatoms.